The van der Waals surface area contributed by atoms with Crippen LogP contribution in [0.5, 0.6) is 5.75 Å². The van der Waals surface area contributed by atoms with Gasteiger partial charge in [-0.1, -0.05) is 15.9 Å². The Hall–Kier alpha value is 0.380. The molecule has 18 heavy (non-hydrogen) atoms. The Balaban J connectivity index is 2.34. The second-order valence-electron chi connectivity index (χ2n) is 4.39. The number of phenolic OH excluding ortho intramolecular Hbond substituents is 1. The summed E-state index contributed by atoms with van der Waals surface area (Å²) in [5.41, 5.74) is 7.27. The first-order chi connectivity index (χ1) is 8.52. The molecule has 0 unspecified atom stereocenters. The number of phenols is 1. The Morgan fingerprint density at radius 2 is 1.83 bits per heavy atom. The standard InChI is InChI=1S/C12H14Br3NO2/c13-7-5-8(14)12(17)10(15)9(7)11(16)6-1-3-18-4-2-6/h5-6,11,17H,1-4,16H2/t11-/m1/s1. The van der Waals surface area contributed by atoms with E-state index in [9.17, 15) is 5.11 Å². The smallest absolute Gasteiger partial charge is 0.144 e. The van der Waals surface area contributed by atoms with Gasteiger partial charge in [0.05, 0.1) is 8.95 Å². The summed E-state index contributed by atoms with van der Waals surface area (Å²) in [5.74, 6) is 0.572. The molecule has 2 rings (SSSR count). The molecule has 1 saturated heterocycles. The molecule has 1 aliphatic rings. The molecule has 1 fully saturated rings. The number of aromatic hydroxyl groups is 1. The van der Waals surface area contributed by atoms with Crippen molar-refractivity contribution in [3.63, 3.8) is 0 Å². The minimum Gasteiger partial charge on any atom is -0.506 e. The Morgan fingerprint density at radius 3 is 2.44 bits per heavy atom. The van der Waals surface area contributed by atoms with Gasteiger partial charge in [-0.3, -0.25) is 0 Å². The van der Waals surface area contributed by atoms with Crippen LogP contribution in [0.1, 0.15) is 24.4 Å². The van der Waals surface area contributed by atoms with Crippen LogP contribution < -0.4 is 5.73 Å². The maximum atomic E-state index is 9.96. The van der Waals surface area contributed by atoms with Gasteiger partial charge in [-0.2, -0.15) is 0 Å². The van der Waals surface area contributed by atoms with Crippen molar-refractivity contribution in [1.82, 2.24) is 0 Å². The summed E-state index contributed by atoms with van der Waals surface area (Å²) in [6.07, 6.45) is 1.91. The van der Waals surface area contributed by atoms with Crippen LogP contribution in [-0.4, -0.2) is 18.3 Å². The van der Waals surface area contributed by atoms with Crippen LogP contribution in [-0.2, 0) is 4.74 Å². The lowest BCUT2D eigenvalue weighted by Gasteiger charge is -2.29. The molecular formula is C12H14Br3NO2. The SMILES string of the molecule is N[C@@H](c1c(Br)cc(Br)c(O)c1Br)C1CCOCC1. The normalized spacial score (nSPS) is 18.9. The minimum absolute atomic E-state index is 0.114. The number of rotatable bonds is 2. The zero-order valence-electron chi connectivity index (χ0n) is 9.63. The van der Waals surface area contributed by atoms with E-state index in [0.29, 0.717) is 14.9 Å². The van der Waals surface area contributed by atoms with E-state index in [4.69, 9.17) is 10.5 Å². The molecule has 3 N–H and O–H groups in total. The topological polar surface area (TPSA) is 55.5 Å². The van der Waals surface area contributed by atoms with Crippen molar-refractivity contribution in [1.29, 1.82) is 0 Å². The van der Waals surface area contributed by atoms with Gasteiger partial charge in [0.2, 0.25) is 0 Å². The van der Waals surface area contributed by atoms with E-state index < -0.39 is 0 Å². The second kappa shape index (κ2) is 6.22. The van der Waals surface area contributed by atoms with Gasteiger partial charge in [0, 0.05) is 29.3 Å². The Morgan fingerprint density at radius 1 is 1.22 bits per heavy atom. The van der Waals surface area contributed by atoms with Crippen molar-refractivity contribution in [3.05, 3.63) is 25.0 Å². The Bertz CT molecular complexity index is 447. The van der Waals surface area contributed by atoms with Crippen molar-refractivity contribution in [3.8, 4) is 5.75 Å². The fourth-order valence-electron chi connectivity index (χ4n) is 2.21. The summed E-state index contributed by atoms with van der Waals surface area (Å²) in [6, 6.07) is 1.71. The average molecular weight is 444 g/mol. The number of ether oxygens (including phenoxy) is 1. The maximum Gasteiger partial charge on any atom is 0.144 e. The quantitative estimate of drug-likeness (QED) is 0.723. The Kier molecular flexibility index (Phi) is 5.11. The molecule has 0 aliphatic carbocycles. The third-order valence-electron chi connectivity index (χ3n) is 3.29. The molecule has 0 amide bonds. The molecule has 1 aliphatic heterocycles. The van der Waals surface area contributed by atoms with Gasteiger partial charge < -0.3 is 15.6 Å². The number of nitrogens with two attached hydrogens (primary N) is 1. The average Bonchev–Trinajstić information content (AvgIpc) is 2.37. The predicted octanol–water partition coefficient (Wildman–Crippen LogP) is 4.11. The molecule has 0 radical (unpaired) electrons. The van der Waals surface area contributed by atoms with E-state index in [1.807, 2.05) is 6.07 Å². The van der Waals surface area contributed by atoms with E-state index in [1.165, 1.54) is 0 Å². The fraction of sp³-hybridized carbons (Fsp3) is 0.500. The molecule has 100 valence electrons. The zero-order valence-corrected chi connectivity index (χ0v) is 14.4. The molecule has 6 heteroatoms. The summed E-state index contributed by atoms with van der Waals surface area (Å²) in [6.45, 7) is 1.52. The van der Waals surface area contributed by atoms with Crippen LogP contribution in [0.3, 0.4) is 0 Å². The van der Waals surface area contributed by atoms with Gasteiger partial charge in [0.25, 0.3) is 0 Å². The van der Waals surface area contributed by atoms with E-state index in [1.54, 1.807) is 0 Å². The molecule has 0 spiro atoms. The Labute approximate surface area is 131 Å². The van der Waals surface area contributed by atoms with E-state index in [-0.39, 0.29) is 11.8 Å². The lowest BCUT2D eigenvalue weighted by atomic mass is 9.88. The highest BCUT2D eigenvalue weighted by molar-refractivity contribution is 9.11. The summed E-state index contributed by atoms with van der Waals surface area (Å²) >= 11 is 10.3. The van der Waals surface area contributed by atoms with Crippen LogP contribution in [0, 0.1) is 5.92 Å². The van der Waals surface area contributed by atoms with Crippen molar-refractivity contribution >= 4 is 47.8 Å². The zero-order chi connectivity index (χ0) is 13.3. The summed E-state index contributed by atoms with van der Waals surface area (Å²) in [4.78, 5) is 0. The first kappa shape index (κ1) is 14.8. The monoisotopic (exact) mass is 441 g/mol. The van der Waals surface area contributed by atoms with Gasteiger partial charge in [0.15, 0.2) is 0 Å². The van der Waals surface area contributed by atoms with Gasteiger partial charge in [-0.25, -0.2) is 0 Å². The lowest BCUT2D eigenvalue weighted by Crippen LogP contribution is -2.28. The van der Waals surface area contributed by atoms with Crippen LogP contribution in [0.25, 0.3) is 0 Å². The van der Waals surface area contributed by atoms with Gasteiger partial charge >= 0.3 is 0 Å². The van der Waals surface area contributed by atoms with Crippen molar-refractivity contribution < 1.29 is 9.84 Å². The highest BCUT2D eigenvalue weighted by Crippen LogP contribution is 2.44. The minimum atomic E-state index is -0.114. The van der Waals surface area contributed by atoms with Crippen LogP contribution in [0.4, 0.5) is 0 Å². The molecule has 0 bridgehead atoms. The van der Waals surface area contributed by atoms with Crippen LogP contribution in [0.2, 0.25) is 0 Å². The van der Waals surface area contributed by atoms with Crippen molar-refractivity contribution in [2.45, 2.75) is 18.9 Å². The number of hydrogen-bond acceptors (Lipinski definition) is 3. The molecule has 1 atom stereocenters. The lowest BCUT2D eigenvalue weighted by molar-refractivity contribution is 0.0582. The summed E-state index contributed by atoms with van der Waals surface area (Å²) < 4.78 is 7.55. The number of halogens is 3. The summed E-state index contributed by atoms with van der Waals surface area (Å²) in [5, 5.41) is 9.96. The molecule has 0 saturated carbocycles. The van der Waals surface area contributed by atoms with Gasteiger partial charge in [-0.05, 0) is 56.7 Å². The van der Waals surface area contributed by atoms with Crippen molar-refractivity contribution in [2.75, 3.05) is 13.2 Å². The highest BCUT2D eigenvalue weighted by Gasteiger charge is 2.27. The summed E-state index contributed by atoms with van der Waals surface area (Å²) in [7, 11) is 0. The molecule has 1 aromatic carbocycles. The van der Waals surface area contributed by atoms with E-state index in [2.05, 4.69) is 47.8 Å². The fourth-order valence-corrected chi connectivity index (χ4v) is 4.86. The van der Waals surface area contributed by atoms with E-state index in [0.717, 1.165) is 36.1 Å². The number of hydrogen-bond donors (Lipinski definition) is 2. The third-order valence-corrected chi connectivity index (χ3v) is 5.35. The predicted molar refractivity (Wildman–Crippen MR) is 81.7 cm³/mol. The van der Waals surface area contributed by atoms with Crippen molar-refractivity contribution in [2.24, 2.45) is 11.7 Å². The molecular weight excluding hydrogens is 430 g/mol. The maximum absolute atomic E-state index is 9.96. The molecule has 1 aromatic rings. The first-order valence-electron chi connectivity index (χ1n) is 5.72. The first-order valence-corrected chi connectivity index (χ1v) is 8.10. The van der Waals surface area contributed by atoms with Crippen LogP contribution in [0.15, 0.2) is 19.5 Å². The number of benzene rings is 1. The molecule has 1 heterocycles. The highest BCUT2D eigenvalue weighted by atomic mass is 79.9. The largest absolute Gasteiger partial charge is 0.506 e. The van der Waals surface area contributed by atoms with Gasteiger partial charge in [-0.15, -0.1) is 0 Å². The third kappa shape index (κ3) is 2.93. The van der Waals surface area contributed by atoms with Crippen LogP contribution >= 0.6 is 47.8 Å². The van der Waals surface area contributed by atoms with E-state index >= 15 is 0 Å². The molecule has 3 nitrogen and oxygen atoms in total. The van der Waals surface area contributed by atoms with Gasteiger partial charge in [0.1, 0.15) is 5.75 Å². The molecule has 0 aromatic heterocycles. The second-order valence-corrected chi connectivity index (χ2v) is 6.89.